The molecule has 1 amide bonds. The highest BCUT2D eigenvalue weighted by Crippen LogP contribution is 2.33. The third-order valence-electron chi connectivity index (χ3n) is 3.15. The zero-order chi connectivity index (χ0) is 11.1. The fourth-order valence-corrected chi connectivity index (χ4v) is 2.56. The van der Waals surface area contributed by atoms with E-state index < -0.39 is 0 Å². The average Bonchev–Trinajstić information content (AvgIpc) is 2.28. The van der Waals surface area contributed by atoms with Gasteiger partial charge >= 0.3 is 0 Å². The molecule has 0 aliphatic carbocycles. The Hall–Kier alpha value is -1.35. The first kappa shape index (κ1) is 9.85. The molecule has 2 aliphatic heterocycles. The number of nitrogens with zero attached hydrogens (tertiary/aromatic N) is 2. The van der Waals surface area contributed by atoms with E-state index in [1.54, 1.807) is 6.07 Å². The molecule has 1 aromatic rings. The number of pyridine rings is 1. The Balaban J connectivity index is 2.09. The van der Waals surface area contributed by atoms with Gasteiger partial charge in [-0.3, -0.25) is 4.79 Å². The van der Waals surface area contributed by atoms with E-state index >= 15 is 0 Å². The Bertz CT molecular complexity index is 484. The number of hydrogen-bond acceptors (Lipinski definition) is 2. The number of carbonyl (C=O) groups is 1. The quantitative estimate of drug-likeness (QED) is 0.509. The Kier molecular flexibility index (Phi) is 2.21. The zero-order valence-corrected chi connectivity index (χ0v) is 9.44. The molecule has 3 heterocycles. The molecule has 1 atom stereocenters. The van der Waals surface area contributed by atoms with Crippen LogP contribution in [0.5, 0.6) is 0 Å². The minimum absolute atomic E-state index is 0.0646. The van der Waals surface area contributed by atoms with Crippen LogP contribution in [0.2, 0.25) is 5.15 Å². The van der Waals surface area contributed by atoms with Crippen LogP contribution in [0.1, 0.15) is 23.7 Å². The smallest absolute Gasteiger partial charge is 0.227 e. The van der Waals surface area contributed by atoms with Crippen LogP contribution in [-0.2, 0) is 11.2 Å². The second-order valence-electron chi connectivity index (χ2n) is 4.08. The predicted molar refractivity (Wildman–Crippen MR) is 61.2 cm³/mol. The summed E-state index contributed by atoms with van der Waals surface area (Å²) in [7, 11) is 0. The van der Waals surface area contributed by atoms with Crippen LogP contribution >= 0.6 is 11.6 Å². The summed E-state index contributed by atoms with van der Waals surface area (Å²) >= 11 is 5.87. The number of hydrogen-bond donors (Lipinski definition) is 0. The van der Waals surface area contributed by atoms with Gasteiger partial charge in [0.2, 0.25) is 5.91 Å². The van der Waals surface area contributed by atoms with Crippen LogP contribution in [0.15, 0.2) is 24.3 Å². The van der Waals surface area contributed by atoms with Crippen LogP contribution in [0.4, 0.5) is 0 Å². The van der Waals surface area contributed by atoms with E-state index in [0.29, 0.717) is 11.6 Å². The van der Waals surface area contributed by atoms with Crippen LogP contribution in [-0.4, -0.2) is 22.3 Å². The lowest BCUT2D eigenvalue weighted by Gasteiger charge is -2.37. The minimum atomic E-state index is 0.0646. The highest BCUT2D eigenvalue weighted by Gasteiger charge is 2.31. The number of rotatable bonds is 0. The van der Waals surface area contributed by atoms with E-state index in [9.17, 15) is 4.79 Å². The summed E-state index contributed by atoms with van der Waals surface area (Å²) in [6.45, 7) is 0.744. The van der Waals surface area contributed by atoms with Crippen molar-refractivity contribution in [3.8, 4) is 0 Å². The Morgan fingerprint density at radius 1 is 1.44 bits per heavy atom. The lowest BCUT2D eigenvalue weighted by molar-refractivity contribution is -0.132. The standard InChI is InChI=1S/C12H11ClN2O/c13-11-5-4-8-9(14-11)6-7-15-10(8)2-1-3-12(15)16/h1-2,4-5,10H,3,6-7H2. The molecule has 1 aromatic heterocycles. The third-order valence-corrected chi connectivity index (χ3v) is 3.36. The van der Waals surface area contributed by atoms with Crippen molar-refractivity contribution in [2.24, 2.45) is 0 Å². The van der Waals surface area contributed by atoms with Gasteiger partial charge in [0.15, 0.2) is 0 Å². The minimum Gasteiger partial charge on any atom is -0.331 e. The molecule has 0 spiro atoms. The Morgan fingerprint density at radius 2 is 2.31 bits per heavy atom. The molecule has 3 rings (SSSR count). The summed E-state index contributed by atoms with van der Waals surface area (Å²) in [4.78, 5) is 18.0. The van der Waals surface area contributed by atoms with Crippen LogP contribution < -0.4 is 0 Å². The van der Waals surface area contributed by atoms with Gasteiger partial charge in [0, 0.05) is 30.6 Å². The second kappa shape index (κ2) is 3.59. The number of aromatic nitrogens is 1. The van der Waals surface area contributed by atoms with Crippen molar-refractivity contribution in [1.29, 1.82) is 0 Å². The Morgan fingerprint density at radius 3 is 3.19 bits per heavy atom. The van der Waals surface area contributed by atoms with Gasteiger partial charge in [-0.15, -0.1) is 0 Å². The molecule has 0 fully saturated rings. The molecule has 2 aliphatic rings. The lowest BCUT2D eigenvalue weighted by Crippen LogP contribution is -2.41. The zero-order valence-electron chi connectivity index (χ0n) is 8.69. The molecule has 4 heteroatoms. The van der Waals surface area contributed by atoms with Gasteiger partial charge in [-0.25, -0.2) is 4.98 Å². The molecule has 0 saturated heterocycles. The monoisotopic (exact) mass is 234 g/mol. The van der Waals surface area contributed by atoms with Crippen molar-refractivity contribution in [2.75, 3.05) is 6.54 Å². The van der Waals surface area contributed by atoms with Crippen molar-refractivity contribution in [1.82, 2.24) is 9.88 Å². The van der Waals surface area contributed by atoms with Gasteiger partial charge < -0.3 is 4.90 Å². The summed E-state index contributed by atoms with van der Waals surface area (Å²) in [6, 6.07) is 3.83. The summed E-state index contributed by atoms with van der Waals surface area (Å²) < 4.78 is 0. The maximum Gasteiger partial charge on any atom is 0.227 e. The predicted octanol–water partition coefficient (Wildman–Crippen LogP) is 2.12. The largest absolute Gasteiger partial charge is 0.331 e. The van der Waals surface area contributed by atoms with Crippen molar-refractivity contribution >= 4 is 17.5 Å². The number of carbonyl (C=O) groups excluding carboxylic acids is 1. The van der Waals surface area contributed by atoms with E-state index in [4.69, 9.17) is 11.6 Å². The summed E-state index contributed by atoms with van der Waals surface area (Å²) in [5.41, 5.74) is 2.13. The lowest BCUT2D eigenvalue weighted by atomic mass is 9.94. The van der Waals surface area contributed by atoms with Gasteiger partial charge in [0.25, 0.3) is 0 Å². The molecule has 1 unspecified atom stereocenters. The van der Waals surface area contributed by atoms with Gasteiger partial charge in [-0.2, -0.15) is 0 Å². The van der Waals surface area contributed by atoms with Crippen molar-refractivity contribution < 1.29 is 4.79 Å². The third kappa shape index (κ3) is 1.43. The number of fused-ring (bicyclic) bond motifs is 3. The van der Waals surface area contributed by atoms with E-state index in [-0.39, 0.29) is 11.9 Å². The number of halogens is 1. The van der Waals surface area contributed by atoms with Gasteiger partial charge in [-0.05, 0) is 6.07 Å². The fraction of sp³-hybridized carbons (Fsp3) is 0.333. The molecular formula is C12H11ClN2O. The van der Waals surface area contributed by atoms with Gasteiger partial charge in [-0.1, -0.05) is 29.8 Å². The van der Waals surface area contributed by atoms with Crippen LogP contribution in [0.25, 0.3) is 0 Å². The highest BCUT2D eigenvalue weighted by atomic mass is 35.5. The topological polar surface area (TPSA) is 33.2 Å². The molecule has 0 radical (unpaired) electrons. The maximum absolute atomic E-state index is 11.7. The van der Waals surface area contributed by atoms with E-state index in [0.717, 1.165) is 24.2 Å². The second-order valence-corrected chi connectivity index (χ2v) is 4.47. The van der Waals surface area contributed by atoms with Crippen molar-refractivity contribution in [3.63, 3.8) is 0 Å². The molecule has 3 nitrogen and oxygen atoms in total. The average molecular weight is 235 g/mol. The van der Waals surface area contributed by atoms with Crippen LogP contribution in [0, 0.1) is 0 Å². The maximum atomic E-state index is 11.7. The SMILES string of the molecule is O=C1CC=CC2c3ccc(Cl)nc3CCN12. The summed E-state index contributed by atoms with van der Waals surface area (Å²) in [5, 5.41) is 0.526. The molecule has 0 N–H and O–H groups in total. The van der Waals surface area contributed by atoms with Gasteiger partial charge in [0.1, 0.15) is 5.15 Å². The molecule has 0 aromatic carbocycles. The summed E-state index contributed by atoms with van der Waals surface area (Å²) in [5.74, 6) is 0.202. The molecular weight excluding hydrogens is 224 g/mol. The number of amides is 1. The van der Waals surface area contributed by atoms with E-state index in [1.807, 2.05) is 17.0 Å². The molecule has 16 heavy (non-hydrogen) atoms. The molecule has 0 bridgehead atoms. The summed E-state index contributed by atoms with van der Waals surface area (Å²) in [6.07, 6.45) is 5.33. The normalized spacial score (nSPS) is 22.9. The first-order valence-electron chi connectivity index (χ1n) is 5.37. The van der Waals surface area contributed by atoms with Crippen LogP contribution in [0.3, 0.4) is 0 Å². The van der Waals surface area contributed by atoms with Crippen molar-refractivity contribution in [2.45, 2.75) is 18.9 Å². The van der Waals surface area contributed by atoms with Crippen molar-refractivity contribution in [3.05, 3.63) is 40.7 Å². The molecule has 0 saturated carbocycles. The first-order chi connectivity index (χ1) is 7.75. The van der Waals surface area contributed by atoms with E-state index in [1.165, 1.54) is 0 Å². The van der Waals surface area contributed by atoms with Gasteiger partial charge in [0.05, 0.1) is 6.04 Å². The van der Waals surface area contributed by atoms with E-state index in [2.05, 4.69) is 11.1 Å². The highest BCUT2D eigenvalue weighted by molar-refractivity contribution is 6.29. The fourth-order valence-electron chi connectivity index (χ4n) is 2.39. The first-order valence-corrected chi connectivity index (χ1v) is 5.75. The Labute approximate surface area is 98.7 Å². The molecule has 82 valence electrons.